The summed E-state index contributed by atoms with van der Waals surface area (Å²) in [5.41, 5.74) is 6.63. The molecule has 1 fully saturated rings. The van der Waals surface area contributed by atoms with Crippen molar-refractivity contribution in [3.8, 4) is 0 Å². The minimum atomic E-state index is -0.170. The minimum Gasteiger partial charge on any atom is -0.325 e. The lowest BCUT2D eigenvalue weighted by Gasteiger charge is -2.36. The fourth-order valence-corrected chi connectivity index (χ4v) is 3.18. The van der Waals surface area contributed by atoms with E-state index in [0.717, 1.165) is 31.1 Å². The van der Waals surface area contributed by atoms with Gasteiger partial charge in [-0.3, -0.25) is 9.89 Å². The Bertz CT molecular complexity index is 666. The van der Waals surface area contributed by atoms with Crippen LogP contribution in [-0.4, -0.2) is 31.6 Å². The molecule has 1 aliphatic carbocycles. The fraction of sp³-hybridized carbons (Fsp3) is 0.600. The third-order valence-corrected chi connectivity index (χ3v) is 4.64. The molecule has 2 aromatic rings. The molecular formula is C15H22N6O. The van der Waals surface area contributed by atoms with E-state index in [2.05, 4.69) is 39.3 Å². The third-order valence-electron chi connectivity index (χ3n) is 4.64. The van der Waals surface area contributed by atoms with Gasteiger partial charge in [0.25, 0.3) is 0 Å². The number of nitrogens with one attached hydrogen (secondary N) is 2. The van der Waals surface area contributed by atoms with Crippen LogP contribution < -0.4 is 11.1 Å². The molecule has 0 unspecified atom stereocenters. The number of amides is 1. The smallest absolute Gasteiger partial charge is 0.228 e. The third kappa shape index (κ3) is 2.94. The molecule has 0 aliphatic heterocycles. The van der Waals surface area contributed by atoms with Crippen LogP contribution >= 0.6 is 0 Å². The summed E-state index contributed by atoms with van der Waals surface area (Å²) in [6, 6.07) is 0. The molecule has 0 saturated heterocycles. The molecule has 1 aliphatic rings. The van der Waals surface area contributed by atoms with Gasteiger partial charge in [-0.25, -0.2) is 9.97 Å². The molecule has 7 heteroatoms. The average molecular weight is 302 g/mol. The van der Waals surface area contributed by atoms with Gasteiger partial charge in [0.2, 0.25) is 5.91 Å². The number of nitrogens with zero attached hydrogens (tertiary/aromatic N) is 3. The lowest BCUT2D eigenvalue weighted by Crippen LogP contribution is -2.43. The molecule has 0 atom stereocenters. The zero-order valence-corrected chi connectivity index (χ0v) is 13.0. The van der Waals surface area contributed by atoms with E-state index < -0.39 is 0 Å². The van der Waals surface area contributed by atoms with E-state index in [0.29, 0.717) is 17.4 Å². The van der Waals surface area contributed by atoms with Crippen molar-refractivity contribution in [3.63, 3.8) is 0 Å². The molecule has 0 radical (unpaired) electrons. The topological polar surface area (TPSA) is 110 Å². The van der Waals surface area contributed by atoms with E-state index >= 15 is 0 Å². The molecule has 7 nitrogen and oxygen atoms in total. The first-order valence-corrected chi connectivity index (χ1v) is 7.69. The molecule has 0 bridgehead atoms. The summed E-state index contributed by atoms with van der Waals surface area (Å²) in [6.45, 7) is 4.13. The van der Waals surface area contributed by atoms with Crippen LogP contribution in [0.1, 0.15) is 39.5 Å². The predicted octanol–water partition coefficient (Wildman–Crippen LogP) is 1.84. The fourth-order valence-electron chi connectivity index (χ4n) is 3.18. The number of hydrogen-bond acceptors (Lipinski definition) is 5. The van der Waals surface area contributed by atoms with Crippen LogP contribution in [0.3, 0.4) is 0 Å². The van der Waals surface area contributed by atoms with Crippen molar-refractivity contribution < 1.29 is 4.79 Å². The Morgan fingerprint density at radius 3 is 2.73 bits per heavy atom. The number of aromatic nitrogens is 4. The van der Waals surface area contributed by atoms with Crippen LogP contribution in [0.4, 0.5) is 5.82 Å². The van der Waals surface area contributed by atoms with Crippen molar-refractivity contribution in [1.82, 2.24) is 20.2 Å². The van der Waals surface area contributed by atoms with E-state index in [4.69, 9.17) is 5.73 Å². The van der Waals surface area contributed by atoms with E-state index in [1.807, 2.05) is 0 Å². The van der Waals surface area contributed by atoms with E-state index in [1.54, 1.807) is 6.20 Å². The zero-order chi connectivity index (χ0) is 15.7. The van der Waals surface area contributed by atoms with Gasteiger partial charge < -0.3 is 11.1 Å². The monoisotopic (exact) mass is 302 g/mol. The Balaban J connectivity index is 1.65. The highest BCUT2D eigenvalue weighted by molar-refractivity contribution is 5.98. The standard InChI is InChI=1S/C15H22N6O/c1-15(2,16)10-5-3-9(4-6-10)14(22)20-12-11-7-19-21-13(11)18-8-17-12/h7-10H,3-6,16H2,1-2H3,(H2,17,18,19,20,21,22). The molecule has 22 heavy (non-hydrogen) atoms. The predicted molar refractivity (Wildman–Crippen MR) is 84.0 cm³/mol. The number of nitrogens with two attached hydrogens (primary N) is 1. The van der Waals surface area contributed by atoms with Crippen LogP contribution in [0.15, 0.2) is 12.5 Å². The molecule has 2 aromatic heterocycles. The molecule has 3 rings (SSSR count). The Hall–Kier alpha value is -2.02. The van der Waals surface area contributed by atoms with Crippen molar-refractivity contribution in [1.29, 1.82) is 0 Å². The van der Waals surface area contributed by atoms with Gasteiger partial charge >= 0.3 is 0 Å². The SMILES string of the molecule is CC(C)(N)C1CCC(C(=O)Nc2ncnc3[nH]ncc23)CC1. The maximum absolute atomic E-state index is 12.5. The zero-order valence-electron chi connectivity index (χ0n) is 13.0. The Kier molecular flexibility index (Phi) is 3.82. The largest absolute Gasteiger partial charge is 0.325 e. The number of hydrogen-bond donors (Lipinski definition) is 3. The number of H-pyrrole nitrogens is 1. The van der Waals surface area contributed by atoms with Crippen LogP contribution in [0, 0.1) is 11.8 Å². The van der Waals surface area contributed by atoms with Gasteiger partial charge in [-0.15, -0.1) is 0 Å². The van der Waals surface area contributed by atoms with Gasteiger partial charge in [-0.2, -0.15) is 5.10 Å². The van der Waals surface area contributed by atoms with Gasteiger partial charge in [0.05, 0.1) is 11.6 Å². The second kappa shape index (κ2) is 5.64. The Morgan fingerprint density at radius 2 is 2.05 bits per heavy atom. The van der Waals surface area contributed by atoms with Crippen molar-refractivity contribution in [2.45, 2.75) is 45.1 Å². The number of carbonyl (C=O) groups excluding carboxylic acids is 1. The van der Waals surface area contributed by atoms with E-state index in [1.165, 1.54) is 6.33 Å². The summed E-state index contributed by atoms with van der Waals surface area (Å²) in [5, 5.41) is 10.3. The van der Waals surface area contributed by atoms with Crippen LogP contribution in [0.25, 0.3) is 11.0 Å². The van der Waals surface area contributed by atoms with E-state index in [-0.39, 0.29) is 17.4 Å². The van der Waals surface area contributed by atoms with Crippen LogP contribution in [0.2, 0.25) is 0 Å². The van der Waals surface area contributed by atoms with Crippen molar-refractivity contribution in [2.24, 2.45) is 17.6 Å². The normalized spacial score (nSPS) is 22.7. The quantitative estimate of drug-likeness (QED) is 0.801. The Labute approximate surface area is 129 Å². The first-order chi connectivity index (χ1) is 10.4. The van der Waals surface area contributed by atoms with E-state index in [9.17, 15) is 4.79 Å². The Morgan fingerprint density at radius 1 is 1.32 bits per heavy atom. The first-order valence-electron chi connectivity index (χ1n) is 7.69. The summed E-state index contributed by atoms with van der Waals surface area (Å²) in [4.78, 5) is 20.7. The summed E-state index contributed by atoms with van der Waals surface area (Å²) < 4.78 is 0. The number of anilines is 1. The van der Waals surface area contributed by atoms with Crippen LogP contribution in [0.5, 0.6) is 0 Å². The maximum Gasteiger partial charge on any atom is 0.228 e. The van der Waals surface area contributed by atoms with Gasteiger partial charge in [-0.1, -0.05) is 0 Å². The maximum atomic E-state index is 12.5. The minimum absolute atomic E-state index is 0.0227. The first kappa shape index (κ1) is 14.9. The summed E-state index contributed by atoms with van der Waals surface area (Å²) in [5.74, 6) is 1.05. The lowest BCUT2D eigenvalue weighted by molar-refractivity contribution is -0.121. The van der Waals surface area contributed by atoms with Gasteiger partial charge in [-0.05, 0) is 45.4 Å². The molecule has 0 spiro atoms. The second-order valence-electron chi connectivity index (χ2n) is 6.71. The van der Waals surface area contributed by atoms with Gasteiger partial charge in [0, 0.05) is 11.5 Å². The summed E-state index contributed by atoms with van der Waals surface area (Å²) in [7, 11) is 0. The number of carbonyl (C=O) groups is 1. The lowest BCUT2D eigenvalue weighted by atomic mass is 9.73. The molecular weight excluding hydrogens is 280 g/mol. The van der Waals surface area contributed by atoms with Crippen molar-refractivity contribution >= 4 is 22.8 Å². The molecule has 118 valence electrons. The number of fused-ring (bicyclic) bond motifs is 1. The highest BCUT2D eigenvalue weighted by Crippen LogP contribution is 2.34. The molecule has 2 heterocycles. The second-order valence-corrected chi connectivity index (χ2v) is 6.71. The molecule has 0 aromatic carbocycles. The average Bonchev–Trinajstić information content (AvgIpc) is 2.96. The van der Waals surface area contributed by atoms with Crippen molar-refractivity contribution in [2.75, 3.05) is 5.32 Å². The molecule has 4 N–H and O–H groups in total. The van der Waals surface area contributed by atoms with Crippen molar-refractivity contribution in [3.05, 3.63) is 12.5 Å². The molecule has 1 saturated carbocycles. The summed E-state index contributed by atoms with van der Waals surface area (Å²) >= 11 is 0. The highest BCUT2D eigenvalue weighted by Gasteiger charge is 2.32. The number of rotatable bonds is 3. The summed E-state index contributed by atoms with van der Waals surface area (Å²) in [6.07, 6.45) is 6.77. The van der Waals surface area contributed by atoms with Crippen LogP contribution in [-0.2, 0) is 4.79 Å². The van der Waals surface area contributed by atoms with Gasteiger partial charge in [0.15, 0.2) is 5.65 Å². The molecule has 1 amide bonds. The highest BCUT2D eigenvalue weighted by atomic mass is 16.1. The number of aromatic amines is 1. The van der Waals surface area contributed by atoms with Gasteiger partial charge in [0.1, 0.15) is 12.1 Å².